The lowest BCUT2D eigenvalue weighted by molar-refractivity contribution is -0.143. The highest BCUT2D eigenvalue weighted by Crippen LogP contribution is 2.09. The van der Waals surface area contributed by atoms with Gasteiger partial charge in [0.05, 0.1) is 6.04 Å². The molecule has 0 heterocycles. The summed E-state index contributed by atoms with van der Waals surface area (Å²) >= 11 is 7.22. The highest BCUT2D eigenvalue weighted by molar-refractivity contribution is 7.98. The maximum Gasteiger partial charge on any atom is 0.326 e. The molecule has 0 aromatic heterocycles. The Morgan fingerprint density at radius 2 is 1.45 bits per heavy atom. The zero-order valence-electron chi connectivity index (χ0n) is 18.6. The Labute approximate surface area is 198 Å². The van der Waals surface area contributed by atoms with Gasteiger partial charge in [0.2, 0.25) is 17.7 Å². The van der Waals surface area contributed by atoms with Gasteiger partial charge in [-0.2, -0.15) is 36.2 Å². The maximum atomic E-state index is 12.8. The van der Waals surface area contributed by atoms with Gasteiger partial charge in [0.15, 0.2) is 0 Å². The Hall–Kier alpha value is -1.11. The molecule has 12 heteroatoms. The van der Waals surface area contributed by atoms with Gasteiger partial charge < -0.3 is 26.8 Å². The number of thioether (sulfide) groups is 2. The van der Waals surface area contributed by atoms with Gasteiger partial charge >= 0.3 is 5.97 Å². The lowest BCUT2D eigenvalue weighted by Gasteiger charge is -2.25. The molecule has 0 aliphatic rings. The van der Waals surface area contributed by atoms with Crippen molar-refractivity contribution in [1.82, 2.24) is 16.0 Å². The second kappa shape index (κ2) is 16.5. The summed E-state index contributed by atoms with van der Waals surface area (Å²) in [4.78, 5) is 49.2. The Bertz CT molecular complexity index is 597. The summed E-state index contributed by atoms with van der Waals surface area (Å²) in [6.07, 6.45) is 5.20. The standard InChI is InChI=1S/C19H36N4O5S3/c1-5-11(2)15(19(27)28)23-18(26)14(10-29)22-17(25)13(7-9-31-4)21-16(24)12(20)6-8-30-3/h11-15,29H,5-10,20H2,1-4H3,(H,21,24)(H,22,25)(H,23,26)(H,27,28). The van der Waals surface area contributed by atoms with E-state index in [4.69, 9.17) is 5.73 Å². The van der Waals surface area contributed by atoms with Crippen LogP contribution in [0.4, 0.5) is 0 Å². The number of carboxylic acid groups (broad SMARTS) is 1. The lowest BCUT2D eigenvalue weighted by Crippen LogP contribution is -2.58. The topological polar surface area (TPSA) is 151 Å². The van der Waals surface area contributed by atoms with Gasteiger partial charge in [-0.1, -0.05) is 20.3 Å². The minimum Gasteiger partial charge on any atom is -0.480 e. The van der Waals surface area contributed by atoms with Gasteiger partial charge in [-0.25, -0.2) is 4.79 Å². The molecule has 0 saturated carbocycles. The first-order chi connectivity index (χ1) is 14.6. The number of nitrogens with one attached hydrogen (secondary N) is 3. The quantitative estimate of drug-likeness (QED) is 0.167. The van der Waals surface area contributed by atoms with E-state index in [-0.39, 0.29) is 11.7 Å². The van der Waals surface area contributed by atoms with Crippen LogP contribution in [0, 0.1) is 5.92 Å². The van der Waals surface area contributed by atoms with Crippen LogP contribution >= 0.6 is 36.2 Å². The van der Waals surface area contributed by atoms with Crippen molar-refractivity contribution in [3.05, 3.63) is 0 Å². The predicted octanol–water partition coefficient (Wildman–Crippen LogP) is 0.335. The number of rotatable bonds is 16. The van der Waals surface area contributed by atoms with E-state index in [0.29, 0.717) is 25.0 Å². The average molecular weight is 497 g/mol. The molecule has 0 fully saturated rings. The first-order valence-corrected chi connectivity index (χ1v) is 13.5. The number of hydrogen-bond acceptors (Lipinski definition) is 8. The highest BCUT2D eigenvalue weighted by atomic mass is 32.2. The summed E-state index contributed by atoms with van der Waals surface area (Å²) in [5, 5.41) is 17.1. The largest absolute Gasteiger partial charge is 0.480 e. The van der Waals surface area contributed by atoms with Crippen molar-refractivity contribution < 1.29 is 24.3 Å². The molecule has 5 atom stereocenters. The van der Waals surface area contributed by atoms with Crippen LogP contribution in [-0.2, 0) is 19.2 Å². The highest BCUT2D eigenvalue weighted by Gasteiger charge is 2.31. The van der Waals surface area contributed by atoms with E-state index < -0.39 is 47.9 Å². The molecule has 0 spiro atoms. The van der Waals surface area contributed by atoms with Crippen molar-refractivity contribution in [3.63, 3.8) is 0 Å². The molecule has 0 aliphatic heterocycles. The molecule has 0 aromatic carbocycles. The van der Waals surface area contributed by atoms with Crippen LogP contribution < -0.4 is 21.7 Å². The van der Waals surface area contributed by atoms with E-state index in [1.54, 1.807) is 18.7 Å². The normalized spacial score (nSPS) is 15.8. The summed E-state index contributed by atoms with van der Waals surface area (Å²) in [5.41, 5.74) is 5.89. The number of hydrogen-bond donors (Lipinski definition) is 6. The van der Waals surface area contributed by atoms with Crippen LogP contribution in [0.3, 0.4) is 0 Å². The minimum atomic E-state index is -1.14. The van der Waals surface area contributed by atoms with Gasteiger partial charge in [0.1, 0.15) is 18.1 Å². The first-order valence-electron chi connectivity index (χ1n) is 10.1. The van der Waals surface area contributed by atoms with E-state index in [1.807, 2.05) is 19.4 Å². The van der Waals surface area contributed by atoms with Gasteiger partial charge in [-0.15, -0.1) is 0 Å². The molecule has 0 radical (unpaired) electrons. The van der Waals surface area contributed by atoms with Crippen LogP contribution in [0.5, 0.6) is 0 Å². The average Bonchev–Trinajstić information content (AvgIpc) is 2.75. The van der Waals surface area contributed by atoms with E-state index in [2.05, 4.69) is 28.6 Å². The molecule has 0 saturated heterocycles. The second-order valence-electron chi connectivity index (χ2n) is 7.18. The number of nitrogens with two attached hydrogens (primary N) is 1. The van der Waals surface area contributed by atoms with Gasteiger partial charge in [0, 0.05) is 5.75 Å². The Morgan fingerprint density at radius 3 is 1.94 bits per heavy atom. The number of thiol groups is 1. The number of aliphatic carboxylic acids is 1. The molecular weight excluding hydrogens is 460 g/mol. The van der Waals surface area contributed by atoms with Crippen molar-refractivity contribution >= 4 is 59.8 Å². The van der Waals surface area contributed by atoms with Crippen molar-refractivity contribution in [3.8, 4) is 0 Å². The van der Waals surface area contributed by atoms with E-state index >= 15 is 0 Å². The monoisotopic (exact) mass is 496 g/mol. The van der Waals surface area contributed by atoms with E-state index in [1.165, 1.54) is 11.8 Å². The van der Waals surface area contributed by atoms with Crippen molar-refractivity contribution in [1.29, 1.82) is 0 Å². The van der Waals surface area contributed by atoms with E-state index in [9.17, 15) is 24.3 Å². The molecule has 0 bridgehead atoms. The first kappa shape index (κ1) is 29.9. The molecular formula is C19H36N4O5S3. The van der Waals surface area contributed by atoms with E-state index in [0.717, 1.165) is 5.75 Å². The summed E-state index contributed by atoms with van der Waals surface area (Å²) in [6, 6.07) is -3.70. The van der Waals surface area contributed by atoms with Crippen LogP contribution in [-0.4, -0.2) is 82.7 Å². The molecule has 0 rings (SSSR count). The number of carboxylic acids is 1. The molecule has 0 aliphatic carbocycles. The molecule has 0 aromatic rings. The molecule has 6 N–H and O–H groups in total. The summed E-state index contributed by atoms with van der Waals surface area (Å²) in [6.45, 7) is 3.55. The predicted molar refractivity (Wildman–Crippen MR) is 131 cm³/mol. The van der Waals surface area contributed by atoms with Crippen LogP contribution in [0.2, 0.25) is 0 Å². The Morgan fingerprint density at radius 1 is 0.935 bits per heavy atom. The fourth-order valence-corrected chi connectivity index (χ4v) is 3.78. The zero-order chi connectivity index (χ0) is 24.0. The zero-order valence-corrected chi connectivity index (χ0v) is 21.1. The number of carbonyl (C=O) groups excluding carboxylic acids is 3. The minimum absolute atomic E-state index is 0.0269. The molecule has 9 nitrogen and oxygen atoms in total. The Balaban J connectivity index is 5.18. The second-order valence-corrected chi connectivity index (χ2v) is 9.52. The van der Waals surface area contributed by atoms with Gasteiger partial charge in [0.25, 0.3) is 0 Å². The molecule has 180 valence electrons. The third-order valence-corrected chi connectivity index (χ3v) is 6.46. The summed E-state index contributed by atoms with van der Waals surface area (Å²) in [5.74, 6) is -1.72. The van der Waals surface area contributed by atoms with Crippen molar-refractivity contribution in [2.24, 2.45) is 11.7 Å². The third-order valence-electron chi connectivity index (χ3n) is 4.81. The SMILES string of the molecule is CCC(C)C(NC(=O)C(CS)NC(=O)C(CCSC)NC(=O)C(N)CCSC)C(=O)O. The third kappa shape index (κ3) is 11.4. The van der Waals surface area contributed by atoms with Crippen LogP contribution in [0.1, 0.15) is 33.1 Å². The summed E-state index contributed by atoms with van der Waals surface area (Å²) in [7, 11) is 0. The smallest absolute Gasteiger partial charge is 0.326 e. The lowest BCUT2D eigenvalue weighted by atomic mass is 9.99. The number of carbonyl (C=O) groups is 4. The van der Waals surface area contributed by atoms with Gasteiger partial charge in [-0.05, 0) is 42.8 Å². The fourth-order valence-electron chi connectivity index (χ4n) is 2.56. The maximum absolute atomic E-state index is 12.8. The van der Waals surface area contributed by atoms with Crippen LogP contribution in [0.25, 0.3) is 0 Å². The van der Waals surface area contributed by atoms with Gasteiger partial charge in [-0.3, -0.25) is 14.4 Å². The van der Waals surface area contributed by atoms with Crippen molar-refractivity contribution in [2.45, 2.75) is 57.3 Å². The molecule has 31 heavy (non-hydrogen) atoms. The Kier molecular flexibility index (Phi) is 15.9. The van der Waals surface area contributed by atoms with Crippen LogP contribution in [0.15, 0.2) is 0 Å². The molecule has 5 unspecified atom stereocenters. The van der Waals surface area contributed by atoms with Crippen molar-refractivity contribution in [2.75, 3.05) is 29.8 Å². The number of amides is 3. The summed E-state index contributed by atoms with van der Waals surface area (Å²) < 4.78 is 0. The fraction of sp³-hybridized carbons (Fsp3) is 0.789. The molecule has 3 amide bonds.